The minimum absolute atomic E-state index is 0.725. The Kier molecular flexibility index (Phi) is 5.92. The van der Waals surface area contributed by atoms with Gasteiger partial charge >= 0.3 is 0 Å². The highest BCUT2D eigenvalue weighted by Gasteiger charge is 2.13. The van der Waals surface area contributed by atoms with Crippen molar-refractivity contribution in [3.05, 3.63) is 63.6 Å². The van der Waals surface area contributed by atoms with Gasteiger partial charge in [-0.15, -0.1) is 0 Å². The second-order valence-corrected chi connectivity index (χ2v) is 5.79. The summed E-state index contributed by atoms with van der Waals surface area (Å²) in [6.07, 6.45) is 0. The smallest absolute Gasteiger partial charge is 0.0642 e. The molecule has 0 aliphatic rings. The van der Waals surface area contributed by atoms with Gasteiger partial charge in [-0.05, 0) is 29.8 Å². The molecule has 0 saturated carbocycles. The molecule has 2 aromatic carbocycles. The summed E-state index contributed by atoms with van der Waals surface area (Å²) in [5, 5.41) is 4.90. The van der Waals surface area contributed by atoms with Crippen LogP contribution in [-0.4, -0.2) is 13.6 Å². The highest BCUT2D eigenvalue weighted by atomic mass is 35.5. The number of nitrogens with zero attached hydrogens (tertiary/aromatic N) is 1. The van der Waals surface area contributed by atoms with E-state index in [1.807, 2.05) is 43.4 Å². The lowest BCUT2D eigenvalue weighted by Gasteiger charge is -2.24. The third-order valence-electron chi connectivity index (χ3n) is 3.38. The third kappa shape index (κ3) is 4.13. The maximum Gasteiger partial charge on any atom is 0.0642 e. The van der Waals surface area contributed by atoms with Gasteiger partial charge in [-0.2, -0.15) is 0 Å². The van der Waals surface area contributed by atoms with Crippen LogP contribution in [0, 0.1) is 0 Å². The van der Waals surface area contributed by atoms with Gasteiger partial charge in [0.1, 0.15) is 0 Å². The fourth-order valence-corrected chi connectivity index (χ4v) is 2.88. The normalized spacial score (nSPS) is 10.7. The Morgan fingerprint density at radius 2 is 1.62 bits per heavy atom. The van der Waals surface area contributed by atoms with E-state index < -0.39 is 0 Å². The zero-order valence-corrected chi connectivity index (χ0v) is 13.9. The molecule has 0 fully saturated rings. The van der Waals surface area contributed by atoms with Crippen LogP contribution in [0.1, 0.15) is 18.1 Å². The average molecular weight is 323 g/mol. The number of halogens is 2. The molecule has 0 amide bonds. The Hall–Kier alpha value is -1.22. The quantitative estimate of drug-likeness (QED) is 0.826. The van der Waals surface area contributed by atoms with Gasteiger partial charge in [-0.25, -0.2) is 0 Å². The summed E-state index contributed by atoms with van der Waals surface area (Å²) >= 11 is 12.7. The lowest BCUT2D eigenvalue weighted by molar-refractivity contribution is 0.723. The van der Waals surface area contributed by atoms with Crippen molar-refractivity contribution in [2.24, 2.45) is 0 Å². The van der Waals surface area contributed by atoms with E-state index in [1.165, 1.54) is 5.56 Å². The Morgan fingerprint density at radius 1 is 0.952 bits per heavy atom. The number of nitrogens with one attached hydrogen (secondary N) is 1. The van der Waals surface area contributed by atoms with Crippen molar-refractivity contribution in [2.75, 3.05) is 18.5 Å². The summed E-state index contributed by atoms with van der Waals surface area (Å²) < 4.78 is 0. The van der Waals surface area contributed by atoms with Crippen molar-refractivity contribution >= 4 is 28.9 Å². The number of hydrogen-bond acceptors (Lipinski definition) is 2. The zero-order valence-electron chi connectivity index (χ0n) is 12.4. The van der Waals surface area contributed by atoms with Gasteiger partial charge in [-0.3, -0.25) is 0 Å². The van der Waals surface area contributed by atoms with Gasteiger partial charge in [0.2, 0.25) is 0 Å². The van der Waals surface area contributed by atoms with Crippen LogP contribution in [0.5, 0.6) is 0 Å². The van der Waals surface area contributed by atoms with Gasteiger partial charge in [0.15, 0.2) is 0 Å². The molecule has 21 heavy (non-hydrogen) atoms. The zero-order chi connectivity index (χ0) is 15.2. The molecule has 0 aromatic heterocycles. The fourth-order valence-electron chi connectivity index (χ4n) is 2.35. The summed E-state index contributed by atoms with van der Waals surface area (Å²) in [7, 11) is 2.04. The maximum atomic E-state index is 6.41. The number of hydrogen-bond donors (Lipinski definition) is 1. The van der Waals surface area contributed by atoms with Crippen molar-refractivity contribution in [1.29, 1.82) is 0 Å². The van der Waals surface area contributed by atoms with Crippen molar-refractivity contribution in [3.63, 3.8) is 0 Å². The van der Waals surface area contributed by atoms with Crippen LogP contribution in [0.3, 0.4) is 0 Å². The van der Waals surface area contributed by atoms with Crippen molar-refractivity contribution in [1.82, 2.24) is 5.32 Å². The van der Waals surface area contributed by atoms with Crippen LogP contribution >= 0.6 is 23.2 Å². The number of para-hydroxylation sites is 1. The number of anilines is 1. The number of rotatable bonds is 6. The van der Waals surface area contributed by atoms with Crippen LogP contribution in [0.25, 0.3) is 0 Å². The molecule has 0 radical (unpaired) electrons. The molecular formula is C17H20Cl2N2. The van der Waals surface area contributed by atoms with Crippen LogP contribution in [-0.2, 0) is 13.1 Å². The van der Waals surface area contributed by atoms with E-state index in [1.54, 1.807) is 0 Å². The first-order valence-corrected chi connectivity index (χ1v) is 7.81. The monoisotopic (exact) mass is 322 g/mol. The minimum Gasteiger partial charge on any atom is -0.369 e. The summed E-state index contributed by atoms with van der Waals surface area (Å²) in [5.41, 5.74) is 3.34. The maximum absolute atomic E-state index is 6.41. The molecule has 0 heterocycles. The van der Waals surface area contributed by atoms with E-state index in [0.29, 0.717) is 0 Å². The summed E-state index contributed by atoms with van der Waals surface area (Å²) in [6.45, 7) is 4.56. The average Bonchev–Trinajstić information content (AvgIpc) is 2.47. The first-order valence-electron chi connectivity index (χ1n) is 7.06. The summed E-state index contributed by atoms with van der Waals surface area (Å²) in [6, 6.07) is 13.9. The molecule has 2 aromatic rings. The highest BCUT2D eigenvalue weighted by molar-refractivity contribution is 6.33. The fraction of sp³-hybridized carbons (Fsp3) is 0.294. The number of benzene rings is 2. The second kappa shape index (κ2) is 7.69. The largest absolute Gasteiger partial charge is 0.369 e. The molecular weight excluding hydrogens is 303 g/mol. The SMILES string of the molecule is CCNCc1cccc(Cl)c1N(C)Cc1ccccc1Cl. The standard InChI is InChI=1S/C17H20Cl2N2/c1-3-20-11-13-8-6-10-16(19)17(13)21(2)12-14-7-4-5-9-15(14)18/h4-10,20H,3,11-12H2,1-2H3. The molecule has 0 atom stereocenters. The predicted molar refractivity (Wildman–Crippen MR) is 92.4 cm³/mol. The van der Waals surface area contributed by atoms with Gasteiger partial charge in [0.25, 0.3) is 0 Å². The first-order chi connectivity index (χ1) is 10.1. The van der Waals surface area contributed by atoms with Crippen LogP contribution in [0.15, 0.2) is 42.5 Å². The molecule has 4 heteroatoms. The molecule has 0 aliphatic carbocycles. The van der Waals surface area contributed by atoms with Crippen molar-refractivity contribution in [3.8, 4) is 0 Å². The molecule has 2 rings (SSSR count). The molecule has 2 nitrogen and oxygen atoms in total. The van der Waals surface area contributed by atoms with Crippen molar-refractivity contribution < 1.29 is 0 Å². The summed E-state index contributed by atoms with van der Waals surface area (Å²) in [5.74, 6) is 0. The Bertz CT molecular complexity index is 599. The highest BCUT2D eigenvalue weighted by Crippen LogP contribution is 2.31. The van der Waals surface area contributed by atoms with Crippen LogP contribution in [0.4, 0.5) is 5.69 Å². The Labute approximate surface area is 136 Å². The Morgan fingerprint density at radius 3 is 2.33 bits per heavy atom. The molecule has 0 spiro atoms. The molecule has 112 valence electrons. The van der Waals surface area contributed by atoms with Gasteiger partial charge in [0, 0.05) is 25.2 Å². The van der Waals surface area contributed by atoms with E-state index in [4.69, 9.17) is 23.2 Å². The second-order valence-electron chi connectivity index (χ2n) is 4.98. The van der Waals surface area contributed by atoms with Crippen LogP contribution < -0.4 is 10.2 Å². The first kappa shape index (κ1) is 16.2. The van der Waals surface area contributed by atoms with Crippen molar-refractivity contribution in [2.45, 2.75) is 20.0 Å². The lowest BCUT2D eigenvalue weighted by atomic mass is 10.1. The lowest BCUT2D eigenvalue weighted by Crippen LogP contribution is -2.21. The van der Waals surface area contributed by atoms with E-state index in [2.05, 4.69) is 23.2 Å². The van der Waals surface area contributed by atoms with E-state index in [9.17, 15) is 0 Å². The molecule has 0 saturated heterocycles. The summed E-state index contributed by atoms with van der Waals surface area (Å²) in [4.78, 5) is 2.15. The molecule has 0 unspecified atom stereocenters. The van der Waals surface area contributed by atoms with E-state index in [-0.39, 0.29) is 0 Å². The van der Waals surface area contributed by atoms with Gasteiger partial charge in [0.05, 0.1) is 10.7 Å². The van der Waals surface area contributed by atoms with E-state index in [0.717, 1.165) is 40.9 Å². The third-order valence-corrected chi connectivity index (χ3v) is 4.06. The minimum atomic E-state index is 0.725. The van der Waals surface area contributed by atoms with Gasteiger partial charge in [-0.1, -0.05) is 60.5 Å². The predicted octanol–water partition coefficient (Wildman–Crippen LogP) is 4.74. The Balaban J connectivity index is 2.26. The van der Waals surface area contributed by atoms with E-state index >= 15 is 0 Å². The molecule has 0 bridgehead atoms. The molecule has 1 N–H and O–H groups in total. The van der Waals surface area contributed by atoms with Crippen LogP contribution in [0.2, 0.25) is 10.0 Å². The van der Waals surface area contributed by atoms with Gasteiger partial charge < -0.3 is 10.2 Å². The molecule has 0 aliphatic heterocycles. The topological polar surface area (TPSA) is 15.3 Å².